The molecule has 1 N–H and O–H groups in total. The van der Waals surface area contributed by atoms with Crippen molar-refractivity contribution in [2.24, 2.45) is 0 Å². The molecule has 1 aliphatic heterocycles. The molecule has 0 aromatic carbocycles. The highest BCUT2D eigenvalue weighted by Crippen LogP contribution is 2.27. The lowest BCUT2D eigenvalue weighted by Crippen LogP contribution is -2.59. The van der Waals surface area contributed by atoms with E-state index >= 15 is 0 Å². The van der Waals surface area contributed by atoms with Crippen LogP contribution >= 0.6 is 0 Å². The fourth-order valence-corrected chi connectivity index (χ4v) is 2.31. The lowest BCUT2D eigenvalue weighted by molar-refractivity contribution is -0.187. The van der Waals surface area contributed by atoms with Crippen molar-refractivity contribution in [3.63, 3.8) is 0 Å². The summed E-state index contributed by atoms with van der Waals surface area (Å²) >= 11 is 0. The molecule has 16 heavy (non-hydrogen) atoms. The van der Waals surface area contributed by atoms with Crippen LogP contribution in [0.4, 0.5) is 0 Å². The van der Waals surface area contributed by atoms with Crippen LogP contribution in [-0.2, 0) is 9.53 Å². The Morgan fingerprint density at radius 1 is 1.25 bits per heavy atom. The van der Waals surface area contributed by atoms with E-state index in [2.05, 4.69) is 5.32 Å². The predicted molar refractivity (Wildman–Crippen MR) is 64.4 cm³/mol. The molecule has 1 aliphatic rings. The molecule has 1 amide bonds. The number of carbonyl (C=O) groups excluding carboxylic acids is 1. The maximum absolute atomic E-state index is 11.9. The Balaban J connectivity index is 2.63. The largest absolute Gasteiger partial charge is 0.366 e. The third kappa shape index (κ3) is 3.76. The standard InChI is InChI=1S/C12H24N2O2/c1-6-13-7-10(15)14-8-11(2,3)16-12(4,5)9-14/h13H,6-9H2,1-5H3. The van der Waals surface area contributed by atoms with E-state index in [0.717, 1.165) is 6.54 Å². The fraction of sp³-hybridized carbons (Fsp3) is 0.917. The van der Waals surface area contributed by atoms with E-state index in [0.29, 0.717) is 19.6 Å². The Morgan fingerprint density at radius 3 is 2.19 bits per heavy atom. The maximum Gasteiger partial charge on any atom is 0.236 e. The average molecular weight is 228 g/mol. The number of rotatable bonds is 3. The summed E-state index contributed by atoms with van der Waals surface area (Å²) in [6.45, 7) is 12.7. The van der Waals surface area contributed by atoms with Gasteiger partial charge < -0.3 is 15.0 Å². The van der Waals surface area contributed by atoms with Crippen molar-refractivity contribution in [3.8, 4) is 0 Å². The second-order valence-corrected chi connectivity index (χ2v) is 5.65. The Hall–Kier alpha value is -0.610. The number of amides is 1. The van der Waals surface area contributed by atoms with Gasteiger partial charge in [-0.05, 0) is 34.2 Å². The van der Waals surface area contributed by atoms with Crippen molar-refractivity contribution in [2.75, 3.05) is 26.2 Å². The molecule has 1 fully saturated rings. The predicted octanol–water partition coefficient (Wildman–Crippen LogP) is 1.01. The zero-order chi connectivity index (χ0) is 12.4. The summed E-state index contributed by atoms with van der Waals surface area (Å²) in [4.78, 5) is 13.8. The van der Waals surface area contributed by atoms with Crippen LogP contribution in [0.2, 0.25) is 0 Å². The van der Waals surface area contributed by atoms with Crippen LogP contribution < -0.4 is 5.32 Å². The van der Waals surface area contributed by atoms with Gasteiger partial charge >= 0.3 is 0 Å². The van der Waals surface area contributed by atoms with Crippen molar-refractivity contribution in [3.05, 3.63) is 0 Å². The molecule has 94 valence electrons. The summed E-state index contributed by atoms with van der Waals surface area (Å²) in [5.74, 6) is 0.159. The second kappa shape index (κ2) is 4.72. The number of ether oxygens (including phenoxy) is 1. The molecule has 0 unspecified atom stereocenters. The smallest absolute Gasteiger partial charge is 0.236 e. The molecule has 4 nitrogen and oxygen atoms in total. The molecule has 0 saturated carbocycles. The summed E-state index contributed by atoms with van der Waals surface area (Å²) in [6.07, 6.45) is 0. The third-order valence-electron chi connectivity index (χ3n) is 2.57. The number of likely N-dealkylation sites (N-methyl/N-ethyl adjacent to an activating group) is 1. The van der Waals surface area contributed by atoms with Gasteiger partial charge in [-0.2, -0.15) is 0 Å². The first kappa shape index (κ1) is 13.5. The zero-order valence-electron chi connectivity index (χ0n) is 11.1. The van der Waals surface area contributed by atoms with E-state index in [1.165, 1.54) is 0 Å². The van der Waals surface area contributed by atoms with E-state index < -0.39 is 0 Å². The summed E-state index contributed by atoms with van der Waals surface area (Å²) in [6, 6.07) is 0. The Bertz CT molecular complexity index is 246. The molecule has 0 aromatic heterocycles. The minimum absolute atomic E-state index is 0.159. The van der Waals surface area contributed by atoms with E-state index in [9.17, 15) is 4.79 Å². The highest BCUT2D eigenvalue weighted by molar-refractivity contribution is 5.78. The van der Waals surface area contributed by atoms with Gasteiger partial charge in [0.25, 0.3) is 0 Å². The first-order chi connectivity index (χ1) is 7.26. The van der Waals surface area contributed by atoms with Gasteiger partial charge in [0.1, 0.15) is 0 Å². The maximum atomic E-state index is 11.9. The number of nitrogens with one attached hydrogen (secondary N) is 1. The van der Waals surface area contributed by atoms with Crippen LogP contribution in [0.3, 0.4) is 0 Å². The van der Waals surface area contributed by atoms with Crippen LogP contribution in [0.25, 0.3) is 0 Å². The average Bonchev–Trinajstić information content (AvgIpc) is 2.09. The van der Waals surface area contributed by atoms with Crippen LogP contribution in [-0.4, -0.2) is 48.2 Å². The first-order valence-corrected chi connectivity index (χ1v) is 5.94. The zero-order valence-corrected chi connectivity index (χ0v) is 11.1. The topological polar surface area (TPSA) is 41.6 Å². The van der Waals surface area contributed by atoms with Crippen LogP contribution in [0.5, 0.6) is 0 Å². The molecular weight excluding hydrogens is 204 g/mol. The van der Waals surface area contributed by atoms with E-state index in [1.54, 1.807) is 0 Å². The van der Waals surface area contributed by atoms with Crippen molar-refractivity contribution < 1.29 is 9.53 Å². The van der Waals surface area contributed by atoms with E-state index in [1.807, 2.05) is 39.5 Å². The molecule has 0 bridgehead atoms. The molecule has 1 heterocycles. The SMILES string of the molecule is CCNCC(=O)N1CC(C)(C)OC(C)(C)C1. The summed E-state index contributed by atoms with van der Waals surface area (Å²) < 4.78 is 5.93. The minimum Gasteiger partial charge on any atom is -0.366 e. The van der Waals surface area contributed by atoms with E-state index in [4.69, 9.17) is 4.74 Å². The third-order valence-corrected chi connectivity index (χ3v) is 2.57. The quantitative estimate of drug-likeness (QED) is 0.784. The lowest BCUT2D eigenvalue weighted by atomic mass is 9.99. The summed E-state index contributed by atoms with van der Waals surface area (Å²) in [7, 11) is 0. The van der Waals surface area contributed by atoms with Crippen LogP contribution in [0.1, 0.15) is 34.6 Å². The lowest BCUT2D eigenvalue weighted by Gasteiger charge is -2.47. The number of morpholine rings is 1. The van der Waals surface area contributed by atoms with Crippen LogP contribution in [0, 0.1) is 0 Å². The number of carbonyl (C=O) groups is 1. The second-order valence-electron chi connectivity index (χ2n) is 5.65. The normalized spacial score (nSPS) is 23.2. The first-order valence-electron chi connectivity index (χ1n) is 5.94. The molecule has 0 radical (unpaired) electrons. The molecule has 4 heteroatoms. The van der Waals surface area contributed by atoms with Gasteiger partial charge in [0, 0.05) is 13.1 Å². The van der Waals surface area contributed by atoms with Gasteiger partial charge in [-0.1, -0.05) is 6.92 Å². The number of nitrogens with zero attached hydrogens (tertiary/aromatic N) is 1. The Labute approximate surface area is 98.3 Å². The van der Waals surface area contributed by atoms with Crippen molar-refractivity contribution in [1.82, 2.24) is 10.2 Å². The minimum atomic E-state index is -0.260. The molecule has 0 aromatic rings. The van der Waals surface area contributed by atoms with Gasteiger partial charge in [-0.3, -0.25) is 4.79 Å². The van der Waals surface area contributed by atoms with Gasteiger partial charge in [0.2, 0.25) is 5.91 Å². The number of hydrogen-bond acceptors (Lipinski definition) is 3. The van der Waals surface area contributed by atoms with Gasteiger partial charge in [-0.15, -0.1) is 0 Å². The van der Waals surface area contributed by atoms with Gasteiger partial charge in [0.05, 0.1) is 17.7 Å². The summed E-state index contributed by atoms with van der Waals surface area (Å²) in [5, 5.41) is 3.07. The molecular formula is C12H24N2O2. The Morgan fingerprint density at radius 2 is 1.75 bits per heavy atom. The van der Waals surface area contributed by atoms with Crippen LogP contribution in [0.15, 0.2) is 0 Å². The highest BCUT2D eigenvalue weighted by Gasteiger charge is 2.39. The molecule has 1 saturated heterocycles. The van der Waals surface area contributed by atoms with Crippen molar-refractivity contribution in [1.29, 1.82) is 0 Å². The van der Waals surface area contributed by atoms with E-state index in [-0.39, 0.29) is 17.1 Å². The van der Waals surface area contributed by atoms with Gasteiger partial charge in [0.15, 0.2) is 0 Å². The molecule has 0 spiro atoms. The Kier molecular flexibility index (Phi) is 3.97. The molecule has 0 atom stereocenters. The van der Waals surface area contributed by atoms with Crippen molar-refractivity contribution >= 4 is 5.91 Å². The van der Waals surface area contributed by atoms with Gasteiger partial charge in [-0.25, -0.2) is 0 Å². The summed E-state index contributed by atoms with van der Waals surface area (Å²) in [5.41, 5.74) is -0.521. The highest BCUT2D eigenvalue weighted by atomic mass is 16.5. The monoisotopic (exact) mass is 228 g/mol. The molecule has 0 aliphatic carbocycles. The van der Waals surface area contributed by atoms with Crippen molar-refractivity contribution in [2.45, 2.75) is 45.8 Å². The fourth-order valence-electron chi connectivity index (χ4n) is 2.31. The number of hydrogen-bond donors (Lipinski definition) is 1. The molecule has 1 rings (SSSR count).